The quantitative estimate of drug-likeness (QED) is 0.549. The van der Waals surface area contributed by atoms with E-state index in [4.69, 9.17) is 5.73 Å². The number of nitrogens with two attached hydrogens (primary N) is 1. The zero-order valence-corrected chi connectivity index (χ0v) is 5.65. The van der Waals surface area contributed by atoms with Crippen molar-refractivity contribution in [1.82, 2.24) is 4.90 Å². The second kappa shape index (κ2) is 3.50. The second-order valence-electron chi connectivity index (χ2n) is 1.77. The van der Waals surface area contributed by atoms with Gasteiger partial charge in [0.25, 0.3) is 0 Å². The van der Waals surface area contributed by atoms with Crippen LogP contribution in [-0.2, 0) is 0 Å². The van der Waals surface area contributed by atoms with E-state index in [0.29, 0.717) is 6.67 Å². The van der Waals surface area contributed by atoms with Gasteiger partial charge in [-0.2, -0.15) is 0 Å². The Kier molecular flexibility index (Phi) is 3.28. The van der Waals surface area contributed by atoms with Gasteiger partial charge >= 0.3 is 0 Å². The van der Waals surface area contributed by atoms with Crippen LogP contribution in [0.15, 0.2) is 12.3 Å². The summed E-state index contributed by atoms with van der Waals surface area (Å²) in [4.78, 5) is 2.00. The van der Waals surface area contributed by atoms with Crippen LogP contribution in [0.25, 0.3) is 0 Å². The van der Waals surface area contributed by atoms with Gasteiger partial charge in [-0.25, -0.2) is 0 Å². The summed E-state index contributed by atoms with van der Waals surface area (Å²) in [6, 6.07) is 0. The maximum atomic E-state index is 5.35. The average Bonchev–Trinajstić information content (AvgIpc) is 1.69. The first-order chi connectivity index (χ1) is 3.72. The SMILES string of the molecule is C=C(C)N(CC)CN. The van der Waals surface area contributed by atoms with Crippen LogP contribution in [-0.4, -0.2) is 18.1 Å². The van der Waals surface area contributed by atoms with Crippen LogP contribution in [0.1, 0.15) is 13.8 Å². The Labute approximate surface area is 51.0 Å². The Hall–Kier alpha value is -0.500. The molecule has 8 heavy (non-hydrogen) atoms. The van der Waals surface area contributed by atoms with Gasteiger partial charge in [-0.3, -0.25) is 0 Å². The minimum absolute atomic E-state index is 0.575. The van der Waals surface area contributed by atoms with Crippen LogP contribution in [0, 0.1) is 0 Å². The number of rotatable bonds is 3. The molecular weight excluding hydrogens is 100 g/mol. The molecule has 0 fully saturated rings. The van der Waals surface area contributed by atoms with E-state index in [1.807, 2.05) is 11.8 Å². The van der Waals surface area contributed by atoms with Gasteiger partial charge < -0.3 is 10.6 Å². The van der Waals surface area contributed by atoms with Crippen LogP contribution < -0.4 is 5.73 Å². The topological polar surface area (TPSA) is 29.3 Å². The molecule has 0 heterocycles. The highest BCUT2D eigenvalue weighted by Gasteiger charge is 1.93. The molecule has 0 aromatic carbocycles. The van der Waals surface area contributed by atoms with E-state index >= 15 is 0 Å². The average molecular weight is 114 g/mol. The molecular formula is C6H14N2. The highest BCUT2D eigenvalue weighted by atomic mass is 15.2. The van der Waals surface area contributed by atoms with Gasteiger partial charge in [0.1, 0.15) is 0 Å². The summed E-state index contributed by atoms with van der Waals surface area (Å²) in [6.07, 6.45) is 0. The van der Waals surface area contributed by atoms with E-state index in [1.54, 1.807) is 0 Å². The zero-order chi connectivity index (χ0) is 6.57. The summed E-state index contributed by atoms with van der Waals surface area (Å²) in [6.45, 7) is 9.28. The van der Waals surface area contributed by atoms with Crippen molar-refractivity contribution in [3.63, 3.8) is 0 Å². The first-order valence-corrected chi connectivity index (χ1v) is 2.82. The van der Waals surface area contributed by atoms with Crippen LogP contribution in [0.5, 0.6) is 0 Å². The molecule has 0 spiro atoms. The molecule has 0 aromatic heterocycles. The fraction of sp³-hybridized carbons (Fsp3) is 0.667. The number of allylic oxidation sites excluding steroid dienone is 1. The van der Waals surface area contributed by atoms with Gasteiger partial charge in [-0.15, -0.1) is 0 Å². The van der Waals surface area contributed by atoms with E-state index in [-0.39, 0.29) is 0 Å². The summed E-state index contributed by atoms with van der Waals surface area (Å²) in [5.74, 6) is 0. The van der Waals surface area contributed by atoms with Gasteiger partial charge in [-0.05, 0) is 13.8 Å². The molecule has 0 atom stereocenters. The van der Waals surface area contributed by atoms with Crippen molar-refractivity contribution in [2.24, 2.45) is 5.73 Å². The number of nitrogens with zero attached hydrogens (tertiary/aromatic N) is 1. The third-order valence-electron chi connectivity index (χ3n) is 1.14. The Bertz CT molecular complexity index is 74.6. The Morgan fingerprint density at radius 3 is 2.25 bits per heavy atom. The normalized spacial score (nSPS) is 8.88. The summed E-state index contributed by atoms with van der Waals surface area (Å²) in [5.41, 5.74) is 6.39. The standard InChI is InChI=1S/C6H14N2/c1-4-8(5-7)6(2)3/h2,4-5,7H2,1,3H3. The predicted molar refractivity (Wildman–Crippen MR) is 36.2 cm³/mol. The lowest BCUT2D eigenvalue weighted by atomic mass is 10.5. The summed E-state index contributed by atoms with van der Waals surface area (Å²) in [5, 5.41) is 0. The molecule has 0 radical (unpaired) electrons. The van der Waals surface area contributed by atoms with Crippen molar-refractivity contribution in [2.45, 2.75) is 13.8 Å². The van der Waals surface area contributed by atoms with Crippen LogP contribution in [0.4, 0.5) is 0 Å². The lowest BCUT2D eigenvalue weighted by Crippen LogP contribution is -2.27. The molecule has 2 N–H and O–H groups in total. The Morgan fingerprint density at radius 2 is 2.25 bits per heavy atom. The smallest absolute Gasteiger partial charge is 0.0653 e. The predicted octanol–water partition coefficient (Wildman–Crippen LogP) is 0.758. The second-order valence-corrected chi connectivity index (χ2v) is 1.77. The van der Waals surface area contributed by atoms with Crippen molar-refractivity contribution in [3.8, 4) is 0 Å². The third kappa shape index (κ3) is 1.98. The molecule has 0 bridgehead atoms. The molecule has 0 aromatic rings. The van der Waals surface area contributed by atoms with Crippen LogP contribution in [0.2, 0.25) is 0 Å². The molecule has 0 saturated heterocycles. The molecule has 48 valence electrons. The summed E-state index contributed by atoms with van der Waals surface area (Å²) in [7, 11) is 0. The first kappa shape index (κ1) is 7.50. The lowest BCUT2D eigenvalue weighted by Gasteiger charge is -2.19. The lowest BCUT2D eigenvalue weighted by molar-refractivity contribution is 0.376. The Morgan fingerprint density at radius 1 is 1.75 bits per heavy atom. The third-order valence-corrected chi connectivity index (χ3v) is 1.14. The number of hydrogen-bond acceptors (Lipinski definition) is 2. The number of hydrogen-bond donors (Lipinski definition) is 1. The monoisotopic (exact) mass is 114 g/mol. The molecule has 0 unspecified atom stereocenters. The minimum atomic E-state index is 0.575. The highest BCUT2D eigenvalue weighted by Crippen LogP contribution is 1.94. The Balaban J connectivity index is 3.52. The van der Waals surface area contributed by atoms with Crippen molar-refractivity contribution in [1.29, 1.82) is 0 Å². The molecule has 2 heteroatoms. The maximum absolute atomic E-state index is 5.35. The van der Waals surface area contributed by atoms with Gasteiger partial charge in [0.05, 0.1) is 6.67 Å². The molecule has 2 nitrogen and oxygen atoms in total. The largest absolute Gasteiger partial charge is 0.363 e. The molecule has 0 saturated carbocycles. The van der Waals surface area contributed by atoms with E-state index in [1.165, 1.54) is 0 Å². The zero-order valence-electron chi connectivity index (χ0n) is 5.65. The van der Waals surface area contributed by atoms with Crippen LogP contribution >= 0.6 is 0 Å². The van der Waals surface area contributed by atoms with Crippen molar-refractivity contribution < 1.29 is 0 Å². The summed E-state index contributed by atoms with van der Waals surface area (Å²) >= 11 is 0. The van der Waals surface area contributed by atoms with Crippen LogP contribution in [0.3, 0.4) is 0 Å². The molecule has 0 amide bonds. The fourth-order valence-corrected chi connectivity index (χ4v) is 0.555. The summed E-state index contributed by atoms with van der Waals surface area (Å²) < 4.78 is 0. The van der Waals surface area contributed by atoms with E-state index in [2.05, 4.69) is 13.5 Å². The minimum Gasteiger partial charge on any atom is -0.363 e. The van der Waals surface area contributed by atoms with E-state index < -0.39 is 0 Å². The van der Waals surface area contributed by atoms with Crippen molar-refractivity contribution in [3.05, 3.63) is 12.3 Å². The fourth-order valence-electron chi connectivity index (χ4n) is 0.555. The van der Waals surface area contributed by atoms with Gasteiger partial charge in [0.15, 0.2) is 0 Å². The van der Waals surface area contributed by atoms with Gasteiger partial charge in [0.2, 0.25) is 0 Å². The highest BCUT2D eigenvalue weighted by molar-refractivity contribution is 4.86. The maximum Gasteiger partial charge on any atom is 0.0653 e. The molecule has 0 aliphatic rings. The van der Waals surface area contributed by atoms with E-state index in [0.717, 1.165) is 12.2 Å². The molecule has 0 rings (SSSR count). The van der Waals surface area contributed by atoms with Gasteiger partial charge in [-0.1, -0.05) is 6.58 Å². The first-order valence-electron chi connectivity index (χ1n) is 2.82. The van der Waals surface area contributed by atoms with Gasteiger partial charge in [0, 0.05) is 12.2 Å². The molecule has 0 aliphatic carbocycles. The van der Waals surface area contributed by atoms with Crippen molar-refractivity contribution in [2.75, 3.05) is 13.2 Å². The molecule has 0 aliphatic heterocycles. The van der Waals surface area contributed by atoms with E-state index in [9.17, 15) is 0 Å². The van der Waals surface area contributed by atoms with Crippen molar-refractivity contribution >= 4 is 0 Å².